The zero-order valence-corrected chi connectivity index (χ0v) is 21.6. The Morgan fingerprint density at radius 3 is 2.51 bits per heavy atom. The Kier molecular flexibility index (Phi) is 6.58. The molecule has 0 bridgehead atoms. The van der Waals surface area contributed by atoms with Crippen molar-refractivity contribution in [3.05, 3.63) is 65.4 Å². The minimum absolute atomic E-state index is 0.134. The van der Waals surface area contributed by atoms with Crippen molar-refractivity contribution in [1.29, 1.82) is 0 Å². The first-order valence-corrected chi connectivity index (χ1v) is 12.6. The fourth-order valence-corrected chi connectivity index (χ4v) is 5.01. The number of nitrogens with one attached hydrogen (secondary N) is 2. The summed E-state index contributed by atoms with van der Waals surface area (Å²) in [6.07, 6.45) is 1.12. The van der Waals surface area contributed by atoms with Crippen molar-refractivity contribution < 1.29 is 13.6 Å². The second-order valence-corrected chi connectivity index (χ2v) is 10.6. The maximum Gasteiger partial charge on any atom is 0.251 e. The number of carbonyl (C=O) groups is 1. The van der Waals surface area contributed by atoms with Gasteiger partial charge in [0.1, 0.15) is 11.5 Å². The van der Waals surface area contributed by atoms with Crippen molar-refractivity contribution in [2.45, 2.75) is 39.2 Å². The molecule has 0 unspecified atom stereocenters. The van der Waals surface area contributed by atoms with Crippen LogP contribution in [0.5, 0.6) is 0 Å². The summed E-state index contributed by atoms with van der Waals surface area (Å²) in [5, 5.41) is 6.00. The molecule has 9 heteroatoms. The monoisotopic (exact) mass is 506 g/mol. The number of carbonyl (C=O) groups excluding carboxylic acids is 1. The highest BCUT2D eigenvalue weighted by Gasteiger charge is 2.32. The number of hydrogen-bond acceptors (Lipinski definition) is 6. The van der Waals surface area contributed by atoms with E-state index in [0.717, 1.165) is 37.9 Å². The molecule has 1 amide bonds. The third-order valence-corrected chi connectivity index (χ3v) is 7.29. The fourth-order valence-electron chi connectivity index (χ4n) is 5.01. The lowest BCUT2D eigenvalue weighted by atomic mass is 9.78. The topological polar surface area (TPSA) is 73.4 Å². The molecule has 7 nitrogen and oxygen atoms in total. The quantitative estimate of drug-likeness (QED) is 0.522. The van der Waals surface area contributed by atoms with E-state index in [1.165, 1.54) is 6.07 Å². The third-order valence-electron chi connectivity index (χ3n) is 7.29. The van der Waals surface area contributed by atoms with Crippen molar-refractivity contribution >= 4 is 23.2 Å². The molecule has 0 spiro atoms. The summed E-state index contributed by atoms with van der Waals surface area (Å²) in [4.78, 5) is 25.3. The number of rotatable bonds is 5. The first-order valence-electron chi connectivity index (χ1n) is 12.6. The average Bonchev–Trinajstić information content (AvgIpc) is 2.88. The first kappa shape index (κ1) is 25.1. The summed E-state index contributed by atoms with van der Waals surface area (Å²) < 4.78 is 29.6. The Morgan fingerprint density at radius 1 is 1.03 bits per heavy atom. The molecule has 3 heterocycles. The van der Waals surface area contributed by atoms with Crippen molar-refractivity contribution in [3.63, 3.8) is 0 Å². The van der Waals surface area contributed by atoms with Gasteiger partial charge in [0, 0.05) is 61.0 Å². The zero-order chi connectivity index (χ0) is 26.3. The molecule has 1 fully saturated rings. The molecule has 0 saturated carbocycles. The Morgan fingerprint density at radius 2 is 1.78 bits per heavy atom. The zero-order valence-electron chi connectivity index (χ0n) is 21.6. The normalized spacial score (nSPS) is 17.5. The highest BCUT2D eigenvalue weighted by molar-refractivity contribution is 5.98. The Labute approximate surface area is 215 Å². The van der Waals surface area contributed by atoms with Gasteiger partial charge >= 0.3 is 0 Å². The second kappa shape index (κ2) is 9.70. The van der Waals surface area contributed by atoms with Crippen LogP contribution in [0.4, 0.5) is 26.1 Å². The molecular weight excluding hydrogens is 474 g/mol. The third kappa shape index (κ3) is 5.00. The van der Waals surface area contributed by atoms with Crippen LogP contribution in [0.3, 0.4) is 0 Å². The lowest BCUT2D eigenvalue weighted by Crippen LogP contribution is -2.49. The lowest BCUT2D eigenvalue weighted by Gasteiger charge is -2.38. The predicted molar refractivity (Wildman–Crippen MR) is 141 cm³/mol. The summed E-state index contributed by atoms with van der Waals surface area (Å²) in [5.41, 5.74) is 2.97. The molecule has 2 aliphatic heterocycles. The molecule has 3 aromatic rings. The summed E-state index contributed by atoms with van der Waals surface area (Å²) in [5.74, 6) is -0.784. The van der Waals surface area contributed by atoms with Gasteiger partial charge in [-0.25, -0.2) is 18.7 Å². The number of benzene rings is 2. The molecular formula is C28H32F2N6O. The molecule has 2 N–H and O–H groups in total. The van der Waals surface area contributed by atoms with Crippen LogP contribution in [0, 0.1) is 11.6 Å². The van der Waals surface area contributed by atoms with Gasteiger partial charge in [0.05, 0.1) is 11.9 Å². The molecule has 5 rings (SSSR count). The maximum atomic E-state index is 14.9. The predicted octanol–water partition coefficient (Wildman–Crippen LogP) is 4.72. The number of aromatic nitrogens is 2. The van der Waals surface area contributed by atoms with Gasteiger partial charge in [-0.05, 0) is 49.7 Å². The number of halogens is 2. The van der Waals surface area contributed by atoms with Crippen molar-refractivity contribution in [2.75, 3.05) is 42.9 Å². The largest absolute Gasteiger partial charge is 0.367 e. The molecule has 0 atom stereocenters. The average molecular weight is 507 g/mol. The molecule has 1 aromatic heterocycles. The minimum atomic E-state index is -0.564. The number of hydrogen-bond donors (Lipinski definition) is 2. The van der Waals surface area contributed by atoms with Gasteiger partial charge in [0.25, 0.3) is 5.91 Å². The molecule has 37 heavy (non-hydrogen) atoms. The first-order chi connectivity index (χ1) is 17.6. The highest BCUT2D eigenvalue weighted by atomic mass is 19.1. The van der Waals surface area contributed by atoms with Crippen molar-refractivity contribution in [1.82, 2.24) is 20.2 Å². The number of anilines is 3. The van der Waals surface area contributed by atoms with E-state index in [2.05, 4.69) is 39.3 Å². The van der Waals surface area contributed by atoms with Crippen LogP contribution in [0.25, 0.3) is 11.3 Å². The molecule has 1 saturated heterocycles. The van der Waals surface area contributed by atoms with Gasteiger partial charge in [-0.15, -0.1) is 0 Å². The van der Waals surface area contributed by atoms with Crippen LogP contribution >= 0.6 is 0 Å². The van der Waals surface area contributed by atoms with E-state index in [9.17, 15) is 13.6 Å². The summed E-state index contributed by atoms with van der Waals surface area (Å²) in [6, 6.07) is 10.5. The number of fused-ring (bicyclic) bond motifs is 1. The molecule has 194 valence electrons. The second-order valence-electron chi connectivity index (χ2n) is 10.6. The van der Waals surface area contributed by atoms with Crippen LogP contribution in [0.1, 0.15) is 43.6 Å². The number of amides is 1. The van der Waals surface area contributed by atoms with Gasteiger partial charge in [-0.2, -0.15) is 0 Å². The number of nitrogens with zero attached hydrogens (tertiary/aromatic N) is 4. The molecule has 2 aromatic carbocycles. The van der Waals surface area contributed by atoms with Crippen LogP contribution in [0.2, 0.25) is 0 Å². The standard InChI is InChI=1S/C28H32F2N6O/c1-17(2)35-9-11-36(12-10-35)24-14-19(6-8-22(24)29)33-27-31-15-23(30)25(34-27)18-5-7-20-21(13-18)28(3,4)16-32-26(20)37/h5-8,13-15,17H,9-12,16H2,1-4H3,(H,32,37)(H,31,33,34). The smallest absolute Gasteiger partial charge is 0.251 e. The Bertz CT molecular complexity index is 1330. The van der Waals surface area contributed by atoms with E-state index in [1.807, 2.05) is 24.8 Å². The van der Waals surface area contributed by atoms with Gasteiger partial charge in [-0.3, -0.25) is 9.69 Å². The van der Waals surface area contributed by atoms with Gasteiger partial charge in [0.2, 0.25) is 5.95 Å². The lowest BCUT2D eigenvalue weighted by molar-refractivity contribution is 0.0930. The van der Waals surface area contributed by atoms with Crippen LogP contribution in [-0.4, -0.2) is 59.5 Å². The Balaban J connectivity index is 1.40. The summed E-state index contributed by atoms with van der Waals surface area (Å²) >= 11 is 0. The molecule has 2 aliphatic rings. The van der Waals surface area contributed by atoms with Gasteiger partial charge in [0.15, 0.2) is 5.82 Å². The summed E-state index contributed by atoms with van der Waals surface area (Å²) in [6.45, 7) is 12.1. The highest BCUT2D eigenvalue weighted by Crippen LogP contribution is 2.34. The van der Waals surface area contributed by atoms with Crippen LogP contribution < -0.4 is 15.5 Å². The van der Waals surface area contributed by atoms with E-state index >= 15 is 0 Å². The minimum Gasteiger partial charge on any atom is -0.367 e. The Hall–Kier alpha value is -3.59. The van der Waals surface area contributed by atoms with E-state index < -0.39 is 5.82 Å². The van der Waals surface area contributed by atoms with Gasteiger partial charge < -0.3 is 15.5 Å². The van der Waals surface area contributed by atoms with Crippen molar-refractivity contribution in [3.8, 4) is 11.3 Å². The molecule has 0 radical (unpaired) electrons. The fraction of sp³-hybridized carbons (Fsp3) is 0.393. The van der Waals surface area contributed by atoms with E-state index in [-0.39, 0.29) is 28.8 Å². The van der Waals surface area contributed by atoms with Gasteiger partial charge in [-0.1, -0.05) is 19.9 Å². The number of piperazine rings is 1. The van der Waals surface area contributed by atoms with E-state index in [0.29, 0.717) is 35.1 Å². The molecule has 0 aliphatic carbocycles. The van der Waals surface area contributed by atoms with Crippen LogP contribution in [0.15, 0.2) is 42.6 Å². The van der Waals surface area contributed by atoms with E-state index in [4.69, 9.17) is 0 Å². The van der Waals surface area contributed by atoms with Crippen molar-refractivity contribution in [2.24, 2.45) is 0 Å². The summed E-state index contributed by atoms with van der Waals surface area (Å²) in [7, 11) is 0. The van der Waals surface area contributed by atoms with Crippen LogP contribution in [-0.2, 0) is 5.41 Å². The SMILES string of the molecule is CC(C)N1CCN(c2cc(Nc3ncc(F)c(-c4ccc5c(c4)C(C)(C)CNC5=O)n3)ccc2F)CC1. The maximum absolute atomic E-state index is 14.9. The van der Waals surface area contributed by atoms with E-state index in [1.54, 1.807) is 24.3 Å².